The first-order valence-electron chi connectivity index (χ1n) is 14.4. The average molecular weight is 511 g/mol. The van der Waals surface area contributed by atoms with Gasteiger partial charge >= 0.3 is 5.97 Å². The fraction of sp³-hybridized carbons (Fsp3) is 0.767. The average Bonchev–Trinajstić information content (AvgIpc) is 3.65. The standard InChI is InChI=1S/C30H42N2O5/c1-17(2)24(31)26(33)36-16-20-14-28-9-10-30(20,35-4)27-29(28)11-12-32(15-18-5-6-18)22(28)13-19-7-8-21(34-3)25(37-27)23(19)29/h7-8,17-18,20,22,24,27H,5-6,9-16,31H2,1-4H3/t20-,22-,24?,27-,28-,29+,30-/m1/s1. The van der Waals surface area contributed by atoms with E-state index in [0.717, 1.165) is 56.1 Å². The fourth-order valence-electron chi connectivity index (χ4n) is 9.45. The van der Waals surface area contributed by atoms with Gasteiger partial charge in [-0.2, -0.15) is 0 Å². The molecule has 0 amide bonds. The third kappa shape index (κ3) is 2.97. The van der Waals surface area contributed by atoms with Crippen LogP contribution in [0.4, 0.5) is 0 Å². The topological polar surface area (TPSA) is 83.2 Å². The predicted molar refractivity (Wildman–Crippen MR) is 139 cm³/mol. The summed E-state index contributed by atoms with van der Waals surface area (Å²) < 4.78 is 25.4. The molecule has 5 aliphatic carbocycles. The molecule has 37 heavy (non-hydrogen) atoms. The lowest BCUT2D eigenvalue weighted by atomic mass is 9.35. The van der Waals surface area contributed by atoms with E-state index < -0.39 is 11.6 Å². The summed E-state index contributed by atoms with van der Waals surface area (Å²) in [5.74, 6) is 2.42. The first kappa shape index (κ1) is 24.2. The number of carbonyl (C=O) groups excluding carboxylic acids is 1. The maximum Gasteiger partial charge on any atom is 0.323 e. The van der Waals surface area contributed by atoms with Gasteiger partial charge in [0.1, 0.15) is 17.7 Å². The van der Waals surface area contributed by atoms with E-state index in [-0.39, 0.29) is 34.7 Å². The van der Waals surface area contributed by atoms with Crippen LogP contribution in [-0.4, -0.2) is 68.6 Å². The Morgan fingerprint density at radius 3 is 2.73 bits per heavy atom. The van der Waals surface area contributed by atoms with E-state index in [1.807, 2.05) is 21.0 Å². The smallest absolute Gasteiger partial charge is 0.323 e. The number of piperidine rings is 1. The van der Waals surface area contributed by atoms with Crippen molar-refractivity contribution in [2.75, 3.05) is 33.9 Å². The van der Waals surface area contributed by atoms with Crippen molar-refractivity contribution < 1.29 is 23.7 Å². The van der Waals surface area contributed by atoms with E-state index in [9.17, 15) is 4.79 Å². The number of ether oxygens (including phenoxy) is 4. The predicted octanol–water partition coefficient (Wildman–Crippen LogP) is 3.45. The summed E-state index contributed by atoms with van der Waals surface area (Å²) in [7, 11) is 3.57. The Bertz CT molecular complexity index is 1120. The molecule has 1 aromatic carbocycles. The molecule has 7 nitrogen and oxygen atoms in total. The summed E-state index contributed by atoms with van der Waals surface area (Å²) in [5, 5.41) is 0. The van der Waals surface area contributed by atoms with E-state index in [2.05, 4.69) is 17.0 Å². The number of rotatable bonds is 8. The summed E-state index contributed by atoms with van der Waals surface area (Å²) in [6.45, 7) is 6.58. The van der Waals surface area contributed by atoms with Crippen LogP contribution in [0.5, 0.6) is 11.5 Å². The summed E-state index contributed by atoms with van der Waals surface area (Å²) >= 11 is 0. The van der Waals surface area contributed by atoms with Crippen LogP contribution in [0.2, 0.25) is 0 Å². The van der Waals surface area contributed by atoms with E-state index in [4.69, 9.17) is 24.7 Å². The molecule has 4 saturated carbocycles. The number of hydrogen-bond acceptors (Lipinski definition) is 7. The Morgan fingerprint density at radius 2 is 2.03 bits per heavy atom. The third-order valence-corrected chi connectivity index (χ3v) is 11.4. The summed E-state index contributed by atoms with van der Waals surface area (Å²) in [6, 6.07) is 4.26. The van der Waals surface area contributed by atoms with Gasteiger partial charge in [0, 0.05) is 42.0 Å². The summed E-state index contributed by atoms with van der Waals surface area (Å²) in [4.78, 5) is 15.6. The van der Waals surface area contributed by atoms with Gasteiger partial charge in [-0.15, -0.1) is 0 Å². The van der Waals surface area contributed by atoms with Crippen LogP contribution in [0.3, 0.4) is 0 Å². The quantitative estimate of drug-likeness (QED) is 0.537. The van der Waals surface area contributed by atoms with Crippen LogP contribution < -0.4 is 15.2 Å². The number of esters is 1. The maximum atomic E-state index is 12.8. The van der Waals surface area contributed by atoms with Gasteiger partial charge in [0.2, 0.25) is 0 Å². The van der Waals surface area contributed by atoms with Gasteiger partial charge in [0.05, 0.1) is 13.7 Å². The van der Waals surface area contributed by atoms with Crippen molar-refractivity contribution in [1.82, 2.24) is 4.90 Å². The van der Waals surface area contributed by atoms with Crippen molar-refractivity contribution in [3.8, 4) is 11.5 Å². The molecule has 5 fully saturated rings. The van der Waals surface area contributed by atoms with Crippen molar-refractivity contribution in [1.29, 1.82) is 0 Å². The highest BCUT2D eigenvalue weighted by atomic mass is 16.6. The molecule has 0 radical (unpaired) electrons. The Balaban J connectivity index is 1.33. The number of carbonyl (C=O) groups is 1. The minimum Gasteiger partial charge on any atom is -0.493 e. The molecule has 7 atom stereocenters. The Kier molecular flexibility index (Phi) is 5.30. The number of nitrogens with two attached hydrogens (primary N) is 1. The van der Waals surface area contributed by atoms with Gasteiger partial charge in [-0.25, -0.2) is 0 Å². The molecule has 0 aromatic heterocycles. The molecule has 1 aromatic rings. The van der Waals surface area contributed by atoms with Crippen molar-refractivity contribution >= 4 is 5.97 Å². The van der Waals surface area contributed by atoms with Crippen molar-refractivity contribution in [3.05, 3.63) is 23.3 Å². The fourth-order valence-corrected chi connectivity index (χ4v) is 9.45. The Labute approximate surface area is 220 Å². The van der Waals surface area contributed by atoms with E-state index >= 15 is 0 Å². The molecular formula is C30H42N2O5. The van der Waals surface area contributed by atoms with E-state index in [1.54, 1.807) is 7.11 Å². The minimum absolute atomic E-state index is 0.0424. The molecule has 8 rings (SSSR count). The molecule has 2 aliphatic heterocycles. The second-order valence-corrected chi connectivity index (χ2v) is 13.1. The number of hydrogen-bond donors (Lipinski definition) is 1. The molecule has 7 aliphatic rings. The molecule has 1 saturated heterocycles. The van der Waals surface area contributed by atoms with Crippen LogP contribution in [-0.2, 0) is 26.1 Å². The minimum atomic E-state index is -0.606. The van der Waals surface area contributed by atoms with E-state index in [0.29, 0.717) is 12.6 Å². The summed E-state index contributed by atoms with van der Waals surface area (Å²) in [5.41, 5.74) is 8.46. The van der Waals surface area contributed by atoms with Crippen LogP contribution in [0.15, 0.2) is 12.1 Å². The normalized spacial score (nSPS) is 39.8. The van der Waals surface area contributed by atoms with Gasteiger partial charge in [0.25, 0.3) is 0 Å². The number of fused-ring (bicyclic) bond motifs is 2. The van der Waals surface area contributed by atoms with Crippen LogP contribution >= 0.6 is 0 Å². The van der Waals surface area contributed by atoms with Gasteiger partial charge in [0.15, 0.2) is 11.5 Å². The number of methoxy groups -OCH3 is 2. The molecule has 7 heteroatoms. The van der Waals surface area contributed by atoms with Crippen molar-refractivity contribution in [2.24, 2.45) is 28.9 Å². The monoisotopic (exact) mass is 510 g/mol. The largest absolute Gasteiger partial charge is 0.493 e. The van der Waals surface area contributed by atoms with Gasteiger partial charge in [-0.3, -0.25) is 9.69 Å². The highest BCUT2D eigenvalue weighted by molar-refractivity contribution is 5.75. The maximum absolute atomic E-state index is 12.8. The first-order valence-corrected chi connectivity index (χ1v) is 14.4. The van der Waals surface area contributed by atoms with Gasteiger partial charge in [-0.05, 0) is 75.0 Å². The molecule has 2 spiro atoms. The molecule has 1 unspecified atom stereocenters. The second kappa shape index (κ2) is 8.09. The molecule has 4 bridgehead atoms. The highest BCUT2D eigenvalue weighted by Crippen LogP contribution is 2.76. The van der Waals surface area contributed by atoms with E-state index in [1.165, 1.54) is 30.5 Å². The molecular weight excluding hydrogens is 468 g/mol. The van der Waals surface area contributed by atoms with Crippen LogP contribution in [0.25, 0.3) is 0 Å². The Hall–Kier alpha value is -1.83. The summed E-state index contributed by atoms with van der Waals surface area (Å²) in [6.07, 6.45) is 7.81. The van der Waals surface area contributed by atoms with Crippen molar-refractivity contribution in [3.63, 3.8) is 0 Å². The zero-order chi connectivity index (χ0) is 25.7. The van der Waals surface area contributed by atoms with Gasteiger partial charge in [-0.1, -0.05) is 19.9 Å². The zero-order valence-electron chi connectivity index (χ0n) is 22.8. The van der Waals surface area contributed by atoms with Crippen molar-refractivity contribution in [2.45, 2.75) is 88.0 Å². The first-order chi connectivity index (χ1) is 17.8. The number of benzene rings is 1. The number of nitrogens with zero attached hydrogens (tertiary/aromatic N) is 1. The Morgan fingerprint density at radius 1 is 1.22 bits per heavy atom. The lowest BCUT2D eigenvalue weighted by Gasteiger charge is -2.73. The zero-order valence-corrected chi connectivity index (χ0v) is 22.8. The SMILES string of the molecule is COc1ccc2c3c1O[C@H]1[C@@]4(OC)CC[C@@]5(C[C@@H]4COC(=O)C(N)C(C)C)[C@@H](C2)N(CC2CC2)CC[C@]315. The van der Waals surface area contributed by atoms with Crippen LogP contribution in [0.1, 0.15) is 63.5 Å². The lowest BCUT2D eigenvalue weighted by molar-refractivity contribution is -0.282. The highest BCUT2D eigenvalue weighted by Gasteiger charge is 2.80. The third-order valence-electron chi connectivity index (χ3n) is 11.4. The molecule has 2 heterocycles. The molecule has 202 valence electrons. The van der Waals surface area contributed by atoms with Crippen LogP contribution in [0, 0.1) is 23.2 Å². The lowest BCUT2D eigenvalue weighted by Crippen LogP contribution is -2.81. The van der Waals surface area contributed by atoms with Gasteiger partial charge < -0.3 is 24.7 Å². The molecule has 2 N–H and O–H groups in total. The second-order valence-electron chi connectivity index (χ2n) is 13.1. The number of likely N-dealkylation sites (tertiary alicyclic amines) is 1.